The fraction of sp³-hybridized carbons (Fsp3) is 1.00. The summed E-state index contributed by atoms with van der Waals surface area (Å²) in [5.74, 6) is 0.444. The molecule has 0 spiro atoms. The molecule has 0 aliphatic carbocycles. The minimum Gasteiger partial charge on any atom is -0.772 e. The Balaban J connectivity index is -0.000000107. The van der Waals surface area contributed by atoms with Crippen LogP contribution in [0.3, 0.4) is 0 Å². The van der Waals surface area contributed by atoms with E-state index in [1.807, 2.05) is 0 Å². The maximum atomic E-state index is 9.37. The van der Waals surface area contributed by atoms with Crippen molar-refractivity contribution in [3.63, 3.8) is 0 Å². The Morgan fingerprint density at radius 3 is 1.09 bits per heavy atom. The summed E-state index contributed by atoms with van der Waals surface area (Å²) >= 11 is -3.65. The Labute approximate surface area is 81.6 Å². The first-order valence-electron chi connectivity index (χ1n) is 2.66. The van der Waals surface area contributed by atoms with Crippen molar-refractivity contribution in [2.45, 2.75) is 13.8 Å². The van der Waals surface area contributed by atoms with E-state index in [-0.39, 0.29) is 28.0 Å². The molecule has 0 heterocycles. The van der Waals surface area contributed by atoms with E-state index in [0.717, 1.165) is 0 Å². The van der Waals surface area contributed by atoms with Crippen LogP contribution in [0.5, 0.6) is 0 Å². The van der Waals surface area contributed by atoms with E-state index in [1.165, 1.54) is 0 Å². The van der Waals surface area contributed by atoms with E-state index >= 15 is 0 Å². The summed E-state index contributed by atoms with van der Waals surface area (Å²) in [6, 6.07) is 0. The quantitative estimate of drug-likeness (QED) is 0.497. The summed E-state index contributed by atoms with van der Waals surface area (Å²) in [6.45, 7) is 3.17. The van der Waals surface area contributed by atoms with Gasteiger partial charge in [0.05, 0.1) is 0 Å². The van der Waals surface area contributed by atoms with E-state index < -0.39 is 22.2 Å². The largest absolute Gasteiger partial charge is 2.00 e. The monoisotopic (exact) mass is 244 g/mol. The van der Waals surface area contributed by atoms with Gasteiger partial charge in [-0.1, -0.05) is 36.0 Å². The maximum Gasteiger partial charge on any atom is 2.00 e. The SMILES string of the molecule is CCS(=O)[O-].CCS(=O)[O-].[Ni+2]. The standard InChI is InChI=1S/2C2H6O2S.Ni/c2*1-2-5(3)4;/h2*2H2,1H3,(H,3,4);/q;;+2/p-2. The van der Waals surface area contributed by atoms with Gasteiger partial charge in [0.15, 0.2) is 0 Å². The molecule has 7 heteroatoms. The molecule has 2 unspecified atom stereocenters. The molecule has 0 fully saturated rings. The number of hydrogen-bond donors (Lipinski definition) is 0. The molecule has 0 aromatic heterocycles. The summed E-state index contributed by atoms with van der Waals surface area (Å²) in [7, 11) is 0. The molecule has 0 radical (unpaired) electrons. The molecule has 0 aromatic carbocycles. The number of rotatable bonds is 2. The Hall–Kier alpha value is 0.714. The van der Waals surface area contributed by atoms with Gasteiger partial charge >= 0.3 is 16.5 Å². The smallest absolute Gasteiger partial charge is 0.772 e. The van der Waals surface area contributed by atoms with E-state index in [9.17, 15) is 17.5 Å². The molecule has 0 aliphatic rings. The fourth-order valence-electron chi connectivity index (χ4n) is 0. The van der Waals surface area contributed by atoms with E-state index in [2.05, 4.69) is 0 Å². The molecular weight excluding hydrogens is 235 g/mol. The van der Waals surface area contributed by atoms with Gasteiger partial charge in [-0.2, -0.15) is 0 Å². The minimum atomic E-state index is -1.82. The fourth-order valence-corrected chi connectivity index (χ4v) is 0. The van der Waals surface area contributed by atoms with Crippen LogP contribution in [0.2, 0.25) is 0 Å². The average Bonchev–Trinajstić information content (AvgIpc) is 1.89. The summed E-state index contributed by atoms with van der Waals surface area (Å²) in [6.07, 6.45) is 0. The normalized spacial score (nSPS) is 13.5. The van der Waals surface area contributed by atoms with Gasteiger partial charge in [-0.25, -0.2) is 0 Å². The molecule has 0 saturated heterocycles. The van der Waals surface area contributed by atoms with Gasteiger partial charge in [0, 0.05) is 11.5 Å². The molecule has 4 nitrogen and oxygen atoms in total. The van der Waals surface area contributed by atoms with Crippen molar-refractivity contribution in [2.24, 2.45) is 0 Å². The van der Waals surface area contributed by atoms with Crippen LogP contribution in [0.1, 0.15) is 13.8 Å². The Kier molecular flexibility index (Phi) is 21.4. The van der Waals surface area contributed by atoms with Crippen LogP contribution in [0, 0.1) is 0 Å². The molecule has 2 atom stereocenters. The zero-order valence-electron chi connectivity index (χ0n) is 6.18. The third-order valence-electron chi connectivity index (χ3n) is 0.471. The van der Waals surface area contributed by atoms with Crippen LogP contribution >= 0.6 is 0 Å². The minimum absolute atomic E-state index is 0. The Morgan fingerprint density at radius 2 is 1.09 bits per heavy atom. The molecule has 0 amide bonds. The van der Waals surface area contributed by atoms with E-state index in [1.54, 1.807) is 13.8 Å². The summed E-state index contributed by atoms with van der Waals surface area (Å²) in [5, 5.41) is 0. The van der Waals surface area contributed by atoms with Gasteiger partial charge in [0.1, 0.15) is 0 Å². The van der Waals surface area contributed by atoms with Gasteiger partial charge in [-0.15, -0.1) is 0 Å². The average molecular weight is 245 g/mol. The second-order valence-electron chi connectivity index (χ2n) is 1.18. The van der Waals surface area contributed by atoms with E-state index in [4.69, 9.17) is 0 Å². The van der Waals surface area contributed by atoms with Crippen molar-refractivity contribution in [1.29, 1.82) is 0 Å². The molecular formula is C4H10NiO4S2. The first kappa shape index (κ1) is 17.7. The molecule has 0 aliphatic heterocycles. The second-order valence-corrected chi connectivity index (χ2v) is 3.55. The first-order valence-corrected chi connectivity index (χ1v) is 5.15. The summed E-state index contributed by atoms with van der Waals surface area (Å²) in [5.41, 5.74) is 0. The second kappa shape index (κ2) is 13.3. The molecule has 0 rings (SSSR count). The first-order chi connectivity index (χ1) is 4.54. The zero-order valence-corrected chi connectivity index (χ0v) is 8.80. The van der Waals surface area contributed by atoms with E-state index in [0.29, 0.717) is 0 Å². The van der Waals surface area contributed by atoms with Crippen molar-refractivity contribution in [3.05, 3.63) is 0 Å². The van der Waals surface area contributed by atoms with Gasteiger partial charge in [-0.3, -0.25) is 8.42 Å². The van der Waals surface area contributed by atoms with Crippen LogP contribution in [0.25, 0.3) is 0 Å². The molecule has 0 N–H and O–H groups in total. The molecule has 0 saturated carbocycles. The van der Waals surface area contributed by atoms with Crippen molar-refractivity contribution in [2.75, 3.05) is 11.5 Å². The molecule has 0 bridgehead atoms. The van der Waals surface area contributed by atoms with Crippen LogP contribution < -0.4 is 0 Å². The van der Waals surface area contributed by atoms with Crippen molar-refractivity contribution < 1.29 is 34.0 Å². The molecule has 72 valence electrons. The summed E-state index contributed by atoms with van der Waals surface area (Å²) < 4.78 is 37.5. The molecule has 11 heavy (non-hydrogen) atoms. The summed E-state index contributed by atoms with van der Waals surface area (Å²) in [4.78, 5) is 0. The maximum absolute atomic E-state index is 9.37. The van der Waals surface area contributed by atoms with Gasteiger partial charge in [-0.05, 0) is 0 Å². The predicted molar refractivity (Wildman–Crippen MR) is 38.9 cm³/mol. The van der Waals surface area contributed by atoms with Crippen molar-refractivity contribution in [3.8, 4) is 0 Å². The Bertz CT molecular complexity index is 105. The van der Waals surface area contributed by atoms with Crippen LogP contribution in [0.4, 0.5) is 0 Å². The number of hydrogen-bond acceptors (Lipinski definition) is 4. The van der Waals surface area contributed by atoms with Crippen LogP contribution in [0.15, 0.2) is 0 Å². The third kappa shape index (κ3) is 36.6. The van der Waals surface area contributed by atoms with Crippen LogP contribution in [-0.2, 0) is 38.7 Å². The van der Waals surface area contributed by atoms with Gasteiger partial charge in [0.25, 0.3) is 0 Å². The topological polar surface area (TPSA) is 80.3 Å². The van der Waals surface area contributed by atoms with Crippen molar-refractivity contribution in [1.82, 2.24) is 0 Å². The third-order valence-corrected chi connectivity index (χ3v) is 1.41. The van der Waals surface area contributed by atoms with Gasteiger partial charge < -0.3 is 9.11 Å². The molecule has 0 aromatic rings. The van der Waals surface area contributed by atoms with Crippen molar-refractivity contribution >= 4 is 22.2 Å². The van der Waals surface area contributed by atoms with Gasteiger partial charge in [0.2, 0.25) is 0 Å². The van der Waals surface area contributed by atoms with Crippen LogP contribution in [-0.4, -0.2) is 29.0 Å². The predicted octanol–water partition coefficient (Wildman–Crippen LogP) is -0.232. The zero-order chi connectivity index (χ0) is 8.57. The Morgan fingerprint density at radius 1 is 1.00 bits per heavy atom.